The lowest BCUT2D eigenvalue weighted by atomic mass is 10.4. The monoisotopic (exact) mass is 240 g/mol. The normalized spacial score (nSPS) is 10.5. The van der Waals surface area contributed by atoms with E-state index >= 15 is 0 Å². The van der Waals surface area contributed by atoms with Crippen molar-refractivity contribution < 1.29 is 9.90 Å². The molecular formula is C9H8N2O2S2. The number of nitrogens with zero attached hydrogens (tertiary/aromatic N) is 2. The standard InChI is InChI=1S/C9H8N2O2S2/c1-4-7(9(12)13)11-8(15-4)6-3-14-5(2)10-6/h3H,1-2H3,(H,12,13). The lowest BCUT2D eigenvalue weighted by Crippen LogP contribution is -1.98. The predicted octanol–water partition coefficient (Wildman–Crippen LogP) is 2.58. The van der Waals surface area contributed by atoms with E-state index in [1.54, 1.807) is 6.92 Å². The van der Waals surface area contributed by atoms with Gasteiger partial charge in [-0.15, -0.1) is 22.7 Å². The third kappa shape index (κ3) is 1.91. The van der Waals surface area contributed by atoms with Crippen LogP contribution in [-0.4, -0.2) is 21.0 Å². The highest BCUT2D eigenvalue weighted by atomic mass is 32.1. The minimum absolute atomic E-state index is 0.126. The number of hydrogen-bond acceptors (Lipinski definition) is 5. The Bertz CT molecular complexity index is 516. The first-order chi connectivity index (χ1) is 7.08. The zero-order valence-electron chi connectivity index (χ0n) is 8.14. The quantitative estimate of drug-likeness (QED) is 0.876. The van der Waals surface area contributed by atoms with E-state index in [4.69, 9.17) is 5.11 Å². The number of thiazole rings is 2. The molecule has 0 aliphatic heterocycles. The maximum absolute atomic E-state index is 10.8. The van der Waals surface area contributed by atoms with Gasteiger partial charge in [0, 0.05) is 10.3 Å². The van der Waals surface area contributed by atoms with E-state index in [1.807, 2.05) is 12.3 Å². The number of carboxylic acid groups (broad SMARTS) is 1. The lowest BCUT2D eigenvalue weighted by molar-refractivity contribution is 0.0690. The number of carboxylic acids is 1. The van der Waals surface area contributed by atoms with Crippen LogP contribution in [0.1, 0.15) is 20.4 Å². The molecule has 0 bridgehead atoms. The number of carbonyl (C=O) groups is 1. The molecule has 0 atom stereocenters. The number of hydrogen-bond donors (Lipinski definition) is 1. The summed E-state index contributed by atoms with van der Waals surface area (Å²) in [5, 5.41) is 12.4. The van der Waals surface area contributed by atoms with Crippen LogP contribution < -0.4 is 0 Å². The molecule has 0 fully saturated rings. The summed E-state index contributed by atoms with van der Waals surface area (Å²) in [6.07, 6.45) is 0. The Morgan fingerprint density at radius 1 is 1.40 bits per heavy atom. The van der Waals surface area contributed by atoms with Gasteiger partial charge in [-0.3, -0.25) is 0 Å². The highest BCUT2D eigenvalue weighted by molar-refractivity contribution is 7.15. The first-order valence-corrected chi connectivity index (χ1v) is 5.91. The number of rotatable bonds is 2. The van der Waals surface area contributed by atoms with Crippen molar-refractivity contribution in [2.75, 3.05) is 0 Å². The molecule has 0 amide bonds. The van der Waals surface area contributed by atoms with E-state index < -0.39 is 5.97 Å². The van der Waals surface area contributed by atoms with E-state index in [2.05, 4.69) is 9.97 Å². The van der Waals surface area contributed by atoms with Gasteiger partial charge in [0.2, 0.25) is 0 Å². The van der Waals surface area contributed by atoms with E-state index in [1.165, 1.54) is 22.7 Å². The van der Waals surface area contributed by atoms with Crippen LogP contribution in [0.15, 0.2) is 5.38 Å². The molecule has 2 aromatic heterocycles. The largest absolute Gasteiger partial charge is 0.476 e. The van der Waals surface area contributed by atoms with Gasteiger partial charge in [0.1, 0.15) is 10.7 Å². The van der Waals surface area contributed by atoms with Crippen LogP contribution in [0.3, 0.4) is 0 Å². The highest BCUT2D eigenvalue weighted by Gasteiger charge is 2.16. The minimum atomic E-state index is -0.984. The van der Waals surface area contributed by atoms with E-state index in [0.29, 0.717) is 9.88 Å². The van der Waals surface area contributed by atoms with Crippen LogP contribution in [0.25, 0.3) is 10.7 Å². The molecule has 6 heteroatoms. The smallest absolute Gasteiger partial charge is 0.355 e. The highest BCUT2D eigenvalue weighted by Crippen LogP contribution is 2.28. The van der Waals surface area contributed by atoms with Crippen LogP contribution in [0.5, 0.6) is 0 Å². The zero-order chi connectivity index (χ0) is 11.0. The molecule has 15 heavy (non-hydrogen) atoms. The zero-order valence-corrected chi connectivity index (χ0v) is 9.78. The molecule has 4 nitrogen and oxygen atoms in total. The van der Waals surface area contributed by atoms with Gasteiger partial charge >= 0.3 is 5.97 Å². The van der Waals surface area contributed by atoms with Crippen molar-refractivity contribution in [1.29, 1.82) is 0 Å². The average Bonchev–Trinajstić information content (AvgIpc) is 2.71. The maximum Gasteiger partial charge on any atom is 0.355 e. The van der Waals surface area contributed by atoms with Gasteiger partial charge in [-0.25, -0.2) is 14.8 Å². The summed E-state index contributed by atoms with van der Waals surface area (Å²) in [6.45, 7) is 3.66. The molecule has 2 heterocycles. The molecule has 0 saturated carbocycles. The summed E-state index contributed by atoms with van der Waals surface area (Å²) < 4.78 is 0. The predicted molar refractivity (Wildman–Crippen MR) is 59.7 cm³/mol. The topological polar surface area (TPSA) is 63.1 Å². The van der Waals surface area contributed by atoms with Crippen molar-refractivity contribution >= 4 is 28.6 Å². The first-order valence-electron chi connectivity index (χ1n) is 4.21. The van der Waals surface area contributed by atoms with Crippen LogP contribution in [0.4, 0.5) is 0 Å². The van der Waals surface area contributed by atoms with E-state index in [0.717, 1.165) is 10.7 Å². The van der Waals surface area contributed by atoms with Gasteiger partial charge < -0.3 is 5.11 Å². The Hall–Kier alpha value is -1.27. The summed E-state index contributed by atoms with van der Waals surface area (Å²) in [4.78, 5) is 19.8. The summed E-state index contributed by atoms with van der Waals surface area (Å²) in [6, 6.07) is 0. The third-order valence-corrected chi connectivity index (χ3v) is 3.60. The average molecular weight is 240 g/mol. The minimum Gasteiger partial charge on any atom is -0.476 e. The van der Waals surface area contributed by atoms with Crippen molar-refractivity contribution in [3.05, 3.63) is 21.0 Å². The van der Waals surface area contributed by atoms with Crippen molar-refractivity contribution in [3.63, 3.8) is 0 Å². The van der Waals surface area contributed by atoms with Gasteiger partial charge in [0.25, 0.3) is 0 Å². The van der Waals surface area contributed by atoms with Crippen molar-refractivity contribution in [3.8, 4) is 10.7 Å². The number of aromatic nitrogens is 2. The molecule has 0 saturated heterocycles. The Kier molecular flexibility index (Phi) is 2.54. The third-order valence-electron chi connectivity index (χ3n) is 1.84. The molecular weight excluding hydrogens is 232 g/mol. The first kappa shape index (κ1) is 10.3. The summed E-state index contributed by atoms with van der Waals surface area (Å²) >= 11 is 2.89. The Morgan fingerprint density at radius 3 is 2.60 bits per heavy atom. The van der Waals surface area contributed by atoms with Gasteiger partial charge in [-0.05, 0) is 13.8 Å². The second kappa shape index (κ2) is 3.71. The fourth-order valence-electron chi connectivity index (χ4n) is 1.17. The van der Waals surface area contributed by atoms with Gasteiger partial charge in [-0.2, -0.15) is 0 Å². The Morgan fingerprint density at radius 2 is 2.13 bits per heavy atom. The molecule has 1 N–H and O–H groups in total. The van der Waals surface area contributed by atoms with E-state index in [9.17, 15) is 4.79 Å². The van der Waals surface area contributed by atoms with Gasteiger partial charge in [-0.1, -0.05) is 0 Å². The van der Waals surface area contributed by atoms with Crippen LogP contribution in [0.2, 0.25) is 0 Å². The molecule has 78 valence electrons. The van der Waals surface area contributed by atoms with Crippen molar-refractivity contribution in [2.45, 2.75) is 13.8 Å². The fraction of sp³-hybridized carbons (Fsp3) is 0.222. The Labute approximate surface area is 94.3 Å². The summed E-state index contributed by atoms with van der Waals surface area (Å²) in [5.41, 5.74) is 0.888. The number of aromatic carboxylic acids is 1. The molecule has 0 aromatic carbocycles. The van der Waals surface area contributed by atoms with Gasteiger partial charge in [0.05, 0.1) is 5.01 Å². The molecule has 2 aromatic rings. The molecule has 0 aliphatic carbocycles. The van der Waals surface area contributed by atoms with Gasteiger partial charge in [0.15, 0.2) is 5.69 Å². The summed E-state index contributed by atoms with van der Waals surface area (Å²) in [5.74, 6) is -0.984. The molecule has 0 unspecified atom stereocenters. The second-order valence-electron chi connectivity index (χ2n) is 2.98. The molecule has 2 rings (SSSR count). The molecule has 0 radical (unpaired) electrons. The fourth-order valence-corrected chi connectivity index (χ4v) is 2.70. The van der Waals surface area contributed by atoms with Crippen LogP contribution in [0, 0.1) is 13.8 Å². The second-order valence-corrected chi connectivity index (χ2v) is 5.25. The number of aryl methyl sites for hydroxylation is 2. The van der Waals surface area contributed by atoms with Crippen LogP contribution >= 0.6 is 22.7 Å². The molecule has 0 aliphatic rings. The van der Waals surface area contributed by atoms with E-state index in [-0.39, 0.29) is 5.69 Å². The lowest BCUT2D eigenvalue weighted by Gasteiger charge is -1.86. The van der Waals surface area contributed by atoms with Crippen LogP contribution in [-0.2, 0) is 0 Å². The SMILES string of the molecule is Cc1nc(-c2nc(C(=O)O)c(C)s2)cs1. The van der Waals surface area contributed by atoms with Crippen molar-refractivity contribution in [1.82, 2.24) is 9.97 Å². The maximum atomic E-state index is 10.8. The Balaban J connectivity index is 2.46. The molecule has 0 spiro atoms. The van der Waals surface area contributed by atoms with Crippen molar-refractivity contribution in [2.24, 2.45) is 0 Å². The summed E-state index contributed by atoms with van der Waals surface area (Å²) in [7, 11) is 0.